The van der Waals surface area contributed by atoms with Crippen molar-refractivity contribution in [1.29, 1.82) is 0 Å². The van der Waals surface area contributed by atoms with E-state index in [0.29, 0.717) is 29.0 Å². The minimum atomic E-state index is -0.614. The number of carbonyl (C=O) groups is 2. The predicted molar refractivity (Wildman–Crippen MR) is 149 cm³/mol. The summed E-state index contributed by atoms with van der Waals surface area (Å²) in [6, 6.07) is 10.1. The summed E-state index contributed by atoms with van der Waals surface area (Å²) >= 11 is 5.93. The second kappa shape index (κ2) is 12.2. The first-order chi connectivity index (χ1) is 18.8. The van der Waals surface area contributed by atoms with Crippen LogP contribution in [0, 0.1) is 0 Å². The van der Waals surface area contributed by atoms with Crippen LogP contribution in [-0.2, 0) is 24.9 Å². The number of nitrogens with zero attached hydrogens (tertiary/aromatic N) is 5. The maximum absolute atomic E-state index is 13.5. The van der Waals surface area contributed by atoms with Gasteiger partial charge < -0.3 is 15.3 Å². The topological polar surface area (TPSA) is 122 Å². The number of hydrogen-bond donors (Lipinski definition) is 2. The average molecular weight is 551 g/mol. The van der Waals surface area contributed by atoms with E-state index in [-0.39, 0.29) is 37.2 Å². The Morgan fingerprint density at radius 2 is 1.87 bits per heavy atom. The van der Waals surface area contributed by atoms with Crippen molar-refractivity contribution in [1.82, 2.24) is 29.5 Å². The van der Waals surface area contributed by atoms with Gasteiger partial charge in [-0.1, -0.05) is 37.6 Å². The van der Waals surface area contributed by atoms with Crippen molar-refractivity contribution >= 4 is 34.4 Å². The first-order valence-corrected chi connectivity index (χ1v) is 13.2. The van der Waals surface area contributed by atoms with Crippen molar-refractivity contribution < 1.29 is 14.7 Å². The molecule has 39 heavy (non-hydrogen) atoms. The van der Waals surface area contributed by atoms with Gasteiger partial charge in [-0.3, -0.25) is 23.6 Å². The summed E-state index contributed by atoms with van der Waals surface area (Å²) < 4.78 is 2.90. The largest absolute Gasteiger partial charge is 0.394 e. The zero-order valence-corrected chi connectivity index (χ0v) is 22.9. The number of carbonyl (C=O) groups excluding carboxylic acids is 2. The molecular weight excluding hydrogens is 520 g/mol. The smallest absolute Gasteiger partial charge is 0.265 e. The van der Waals surface area contributed by atoms with Crippen molar-refractivity contribution in [3.63, 3.8) is 0 Å². The molecule has 0 saturated carbocycles. The minimum absolute atomic E-state index is 0.0956. The SMILES string of the molecule is CC.Cn1cc(-c2cnc3c(c2)cc(C(=O)NCc2ccc(Cl)cc2)c(=O)n3CC(=O)N2CCC2CO)cn1. The molecule has 2 N–H and O–H groups in total. The Labute approximate surface area is 230 Å². The zero-order chi connectivity index (χ0) is 28.1. The fraction of sp³-hybridized carbons (Fsp3) is 0.321. The number of aliphatic hydroxyl groups is 1. The van der Waals surface area contributed by atoms with Gasteiger partial charge in [0.1, 0.15) is 17.8 Å². The molecule has 11 heteroatoms. The van der Waals surface area contributed by atoms with Crippen molar-refractivity contribution in [2.75, 3.05) is 13.2 Å². The van der Waals surface area contributed by atoms with Gasteiger partial charge in [0.15, 0.2) is 0 Å². The number of benzene rings is 1. The molecule has 0 aliphatic carbocycles. The summed E-state index contributed by atoms with van der Waals surface area (Å²) in [7, 11) is 1.81. The van der Waals surface area contributed by atoms with Crippen LogP contribution in [0.2, 0.25) is 5.02 Å². The molecule has 1 aliphatic heterocycles. The predicted octanol–water partition coefficient (Wildman–Crippen LogP) is 3.00. The highest BCUT2D eigenvalue weighted by atomic mass is 35.5. The van der Waals surface area contributed by atoms with Crippen LogP contribution in [0.4, 0.5) is 0 Å². The number of aromatic nitrogens is 4. The molecule has 1 fully saturated rings. The summed E-state index contributed by atoms with van der Waals surface area (Å²) in [4.78, 5) is 45.6. The molecule has 1 unspecified atom stereocenters. The van der Waals surface area contributed by atoms with E-state index < -0.39 is 11.5 Å². The van der Waals surface area contributed by atoms with Gasteiger partial charge in [-0.15, -0.1) is 0 Å². The minimum Gasteiger partial charge on any atom is -0.394 e. The molecule has 1 aliphatic rings. The Hall–Kier alpha value is -4.02. The number of likely N-dealkylation sites (tertiary alicyclic amines) is 1. The molecule has 0 spiro atoms. The fourth-order valence-corrected chi connectivity index (χ4v) is 4.49. The number of hydrogen-bond acceptors (Lipinski definition) is 6. The monoisotopic (exact) mass is 550 g/mol. The van der Waals surface area contributed by atoms with Crippen LogP contribution in [-0.4, -0.2) is 60.3 Å². The lowest BCUT2D eigenvalue weighted by Gasteiger charge is -2.40. The highest BCUT2D eigenvalue weighted by molar-refractivity contribution is 6.30. The lowest BCUT2D eigenvalue weighted by molar-refractivity contribution is -0.141. The molecule has 10 nitrogen and oxygen atoms in total. The Morgan fingerprint density at radius 1 is 1.13 bits per heavy atom. The second-order valence-electron chi connectivity index (χ2n) is 9.01. The number of aryl methyl sites for hydroxylation is 1. The van der Waals surface area contributed by atoms with Gasteiger partial charge in [-0.2, -0.15) is 5.10 Å². The summed E-state index contributed by atoms with van der Waals surface area (Å²) in [6.07, 6.45) is 5.85. The average Bonchev–Trinajstić information content (AvgIpc) is 3.36. The number of pyridine rings is 2. The third kappa shape index (κ3) is 6.02. The highest BCUT2D eigenvalue weighted by Crippen LogP contribution is 2.23. The molecule has 4 heterocycles. The molecule has 5 rings (SSSR count). The molecule has 0 bridgehead atoms. The van der Waals surface area contributed by atoms with Crippen LogP contribution in [0.3, 0.4) is 0 Å². The lowest BCUT2D eigenvalue weighted by atomic mass is 10.0. The van der Waals surface area contributed by atoms with Crippen molar-refractivity contribution in [3.05, 3.63) is 81.5 Å². The van der Waals surface area contributed by atoms with E-state index in [1.165, 1.54) is 15.5 Å². The third-order valence-corrected chi connectivity index (χ3v) is 6.80. The first-order valence-electron chi connectivity index (χ1n) is 12.8. The van der Waals surface area contributed by atoms with Crippen LogP contribution in [0.25, 0.3) is 22.2 Å². The summed E-state index contributed by atoms with van der Waals surface area (Å²) in [6.45, 7) is 4.29. The number of nitrogens with one attached hydrogen (secondary N) is 1. The van der Waals surface area contributed by atoms with Crippen LogP contribution in [0.1, 0.15) is 36.2 Å². The van der Waals surface area contributed by atoms with E-state index in [4.69, 9.17) is 11.6 Å². The zero-order valence-electron chi connectivity index (χ0n) is 22.1. The fourth-order valence-electron chi connectivity index (χ4n) is 4.37. The van der Waals surface area contributed by atoms with Crippen LogP contribution >= 0.6 is 11.6 Å². The second-order valence-corrected chi connectivity index (χ2v) is 9.45. The maximum atomic E-state index is 13.5. The molecule has 3 aromatic heterocycles. The standard InChI is InChI=1S/C26H25ClN6O4.C2H6/c1-31-13-19(12-30-31)18-8-17-9-22(25(36)29-10-16-2-4-20(27)5-3-16)26(37)33(24(17)28-11-18)14-23(35)32-7-6-21(32)15-34;1-2/h2-5,8-9,11-13,21,34H,6-7,10,14-15H2,1H3,(H,29,36);1-2H3. The quantitative estimate of drug-likeness (QED) is 0.365. The van der Waals surface area contributed by atoms with Crippen LogP contribution < -0.4 is 10.9 Å². The number of fused-ring (bicyclic) bond motifs is 1. The van der Waals surface area contributed by atoms with Gasteiger partial charge in [-0.25, -0.2) is 4.98 Å². The van der Waals surface area contributed by atoms with Crippen LogP contribution in [0.15, 0.2) is 59.8 Å². The molecular formula is C28H31ClN6O4. The number of aliphatic hydroxyl groups excluding tert-OH is 1. The van der Waals surface area contributed by atoms with Gasteiger partial charge in [0.2, 0.25) is 5.91 Å². The lowest BCUT2D eigenvalue weighted by Crippen LogP contribution is -2.54. The van der Waals surface area contributed by atoms with Gasteiger partial charge in [0.05, 0.1) is 18.8 Å². The van der Waals surface area contributed by atoms with E-state index in [2.05, 4.69) is 15.4 Å². The van der Waals surface area contributed by atoms with Gasteiger partial charge in [0, 0.05) is 54.1 Å². The first kappa shape index (κ1) is 28.0. The Balaban J connectivity index is 0.00000172. The van der Waals surface area contributed by atoms with Crippen molar-refractivity contribution in [2.24, 2.45) is 7.05 Å². The van der Waals surface area contributed by atoms with Gasteiger partial charge in [-0.05, 0) is 36.2 Å². The normalized spacial score (nSPS) is 14.4. The van der Waals surface area contributed by atoms with Crippen molar-refractivity contribution in [2.45, 2.75) is 39.4 Å². The number of rotatable bonds is 7. The molecule has 2 amide bonds. The Kier molecular flexibility index (Phi) is 8.78. The molecule has 0 radical (unpaired) electrons. The van der Waals surface area contributed by atoms with Crippen molar-refractivity contribution in [3.8, 4) is 11.1 Å². The Bertz CT molecular complexity index is 1540. The molecule has 4 aromatic rings. The van der Waals surface area contributed by atoms with Crippen LogP contribution in [0.5, 0.6) is 0 Å². The third-order valence-electron chi connectivity index (χ3n) is 6.54. The molecule has 1 saturated heterocycles. The highest BCUT2D eigenvalue weighted by Gasteiger charge is 2.32. The van der Waals surface area contributed by atoms with Gasteiger partial charge >= 0.3 is 0 Å². The van der Waals surface area contributed by atoms with Gasteiger partial charge in [0.25, 0.3) is 11.5 Å². The van der Waals surface area contributed by atoms with E-state index >= 15 is 0 Å². The van der Waals surface area contributed by atoms with E-state index in [9.17, 15) is 19.5 Å². The molecule has 1 aromatic carbocycles. The molecule has 1 atom stereocenters. The van der Waals surface area contributed by atoms with E-state index in [1.54, 1.807) is 48.4 Å². The van der Waals surface area contributed by atoms with E-state index in [1.807, 2.05) is 26.1 Å². The number of amides is 2. The Morgan fingerprint density at radius 3 is 2.49 bits per heavy atom. The number of halogens is 1. The summed E-state index contributed by atoms with van der Waals surface area (Å²) in [5, 5.41) is 17.6. The maximum Gasteiger partial charge on any atom is 0.265 e. The summed E-state index contributed by atoms with van der Waals surface area (Å²) in [5.74, 6) is -0.877. The summed E-state index contributed by atoms with van der Waals surface area (Å²) in [5.41, 5.74) is 1.99. The molecule has 204 valence electrons. The van der Waals surface area contributed by atoms with E-state index in [0.717, 1.165) is 16.7 Å².